The van der Waals surface area contributed by atoms with Gasteiger partial charge < -0.3 is 20.3 Å². The van der Waals surface area contributed by atoms with Crippen molar-refractivity contribution in [3.05, 3.63) is 29.8 Å². The minimum absolute atomic E-state index is 0.0401. The summed E-state index contributed by atoms with van der Waals surface area (Å²) in [5.41, 5.74) is 1.03. The van der Waals surface area contributed by atoms with E-state index in [1.54, 1.807) is 7.11 Å². The summed E-state index contributed by atoms with van der Waals surface area (Å²) >= 11 is 0. The van der Waals surface area contributed by atoms with Gasteiger partial charge in [0.25, 0.3) is 5.91 Å². The second-order valence-corrected chi connectivity index (χ2v) is 9.43. The van der Waals surface area contributed by atoms with Crippen LogP contribution in [0.15, 0.2) is 24.3 Å². The number of nitrogens with zero attached hydrogens (tertiary/aromatic N) is 2. The zero-order valence-electron chi connectivity index (χ0n) is 19.6. The van der Waals surface area contributed by atoms with Crippen LogP contribution in [-0.2, 0) is 16.0 Å². The van der Waals surface area contributed by atoms with Crippen molar-refractivity contribution in [2.24, 2.45) is 5.92 Å². The number of urea groups is 1. The molecule has 0 aliphatic carbocycles. The van der Waals surface area contributed by atoms with E-state index in [4.69, 9.17) is 4.74 Å². The number of imide groups is 1. The number of fused-ring (bicyclic) bond motifs is 1. The number of rotatable bonds is 9. The van der Waals surface area contributed by atoms with E-state index in [1.807, 2.05) is 24.3 Å². The number of amides is 4. The highest BCUT2D eigenvalue weighted by Gasteiger charge is 2.38. The summed E-state index contributed by atoms with van der Waals surface area (Å²) in [6, 6.07) is 7.18. The van der Waals surface area contributed by atoms with Crippen molar-refractivity contribution >= 4 is 17.8 Å². The van der Waals surface area contributed by atoms with E-state index in [9.17, 15) is 14.4 Å². The molecule has 0 radical (unpaired) electrons. The minimum atomic E-state index is -0.623. The van der Waals surface area contributed by atoms with Gasteiger partial charge in [-0.05, 0) is 75.2 Å². The van der Waals surface area contributed by atoms with Crippen LogP contribution in [0.5, 0.6) is 5.75 Å². The zero-order chi connectivity index (χ0) is 23.2. The Labute approximate surface area is 196 Å². The van der Waals surface area contributed by atoms with E-state index in [-0.39, 0.29) is 24.3 Å². The molecule has 8 heteroatoms. The first-order valence-corrected chi connectivity index (χ1v) is 12.3. The summed E-state index contributed by atoms with van der Waals surface area (Å²) in [4.78, 5) is 41.3. The Morgan fingerprint density at radius 3 is 2.70 bits per heavy atom. The molecule has 0 unspecified atom stereocenters. The Morgan fingerprint density at radius 1 is 1.12 bits per heavy atom. The second kappa shape index (κ2) is 11.0. The molecule has 8 nitrogen and oxygen atoms in total. The molecule has 0 aromatic heterocycles. The Kier molecular flexibility index (Phi) is 7.85. The van der Waals surface area contributed by atoms with Crippen molar-refractivity contribution in [3.63, 3.8) is 0 Å². The predicted octanol–water partition coefficient (Wildman–Crippen LogP) is 2.32. The molecule has 0 bridgehead atoms. The number of carbonyl (C=O) groups excluding carboxylic acids is 3. The van der Waals surface area contributed by atoms with Crippen molar-refractivity contribution in [2.75, 3.05) is 33.3 Å². The number of hydrogen-bond donors (Lipinski definition) is 2. The number of nitrogens with one attached hydrogen (secondary N) is 2. The monoisotopic (exact) mass is 456 g/mol. The topological polar surface area (TPSA) is 91.0 Å². The number of carbonyl (C=O) groups is 3. The van der Waals surface area contributed by atoms with Crippen LogP contribution in [0.4, 0.5) is 4.79 Å². The van der Waals surface area contributed by atoms with Gasteiger partial charge in [0.05, 0.1) is 7.11 Å². The molecule has 3 aliphatic heterocycles. The number of methoxy groups -OCH3 is 1. The Balaban J connectivity index is 1.19. The van der Waals surface area contributed by atoms with Crippen LogP contribution in [-0.4, -0.2) is 73.0 Å². The average molecular weight is 457 g/mol. The van der Waals surface area contributed by atoms with Crippen LogP contribution in [0.2, 0.25) is 0 Å². The molecule has 1 aromatic rings. The molecule has 180 valence electrons. The highest BCUT2D eigenvalue weighted by Crippen LogP contribution is 2.30. The number of ether oxygens (including phenoxy) is 1. The standard InChI is InChI=1S/C25H36N4O4/c1-33-20-9-7-18(8-10-20)13-16-29-24(31)21(27-25(29)32)11-12-23(30)26-17-19-5-4-15-28-14-3-2-6-22(19)28/h7-10,19,21-22H,2-6,11-17H2,1H3,(H,26,30)(H,27,32)/t19-,21+,22+/m1/s1. The molecule has 0 saturated carbocycles. The quantitative estimate of drug-likeness (QED) is 0.557. The predicted molar refractivity (Wildman–Crippen MR) is 125 cm³/mol. The van der Waals surface area contributed by atoms with Gasteiger partial charge in [0, 0.05) is 25.6 Å². The van der Waals surface area contributed by atoms with Crippen molar-refractivity contribution in [3.8, 4) is 5.75 Å². The number of benzene rings is 1. The van der Waals surface area contributed by atoms with Gasteiger partial charge >= 0.3 is 6.03 Å². The second-order valence-electron chi connectivity index (χ2n) is 9.43. The Hall–Kier alpha value is -2.61. The van der Waals surface area contributed by atoms with E-state index in [0.29, 0.717) is 37.9 Å². The molecule has 3 atom stereocenters. The van der Waals surface area contributed by atoms with E-state index in [2.05, 4.69) is 15.5 Å². The number of hydrogen-bond acceptors (Lipinski definition) is 5. The van der Waals surface area contributed by atoms with Gasteiger partial charge in [-0.1, -0.05) is 18.6 Å². The molecular weight excluding hydrogens is 420 g/mol. The summed E-state index contributed by atoms with van der Waals surface area (Å²) in [6.45, 7) is 3.40. The van der Waals surface area contributed by atoms with E-state index in [0.717, 1.165) is 11.3 Å². The highest BCUT2D eigenvalue weighted by atomic mass is 16.5. The zero-order valence-corrected chi connectivity index (χ0v) is 19.6. The first kappa shape index (κ1) is 23.5. The highest BCUT2D eigenvalue weighted by molar-refractivity contribution is 6.04. The van der Waals surface area contributed by atoms with E-state index < -0.39 is 6.04 Å². The third-order valence-corrected chi connectivity index (χ3v) is 7.34. The van der Waals surface area contributed by atoms with Crippen LogP contribution < -0.4 is 15.4 Å². The van der Waals surface area contributed by atoms with Crippen LogP contribution in [0.25, 0.3) is 0 Å². The molecule has 3 heterocycles. The summed E-state index contributed by atoms with van der Waals surface area (Å²) in [5.74, 6) is 1.00. The largest absolute Gasteiger partial charge is 0.497 e. The fourth-order valence-corrected chi connectivity index (χ4v) is 5.44. The van der Waals surface area contributed by atoms with Gasteiger partial charge in [0.1, 0.15) is 11.8 Å². The SMILES string of the molecule is COc1ccc(CCN2C(=O)N[C@@H](CCC(=O)NC[C@H]3CCCN4CCCC[C@@H]34)C2=O)cc1. The molecular formula is C25H36N4O4. The third kappa shape index (κ3) is 5.85. The normalized spacial score (nSPS) is 25.5. The molecule has 33 heavy (non-hydrogen) atoms. The minimum Gasteiger partial charge on any atom is -0.497 e. The smallest absolute Gasteiger partial charge is 0.324 e. The lowest BCUT2D eigenvalue weighted by Crippen LogP contribution is -2.51. The molecule has 2 N–H and O–H groups in total. The van der Waals surface area contributed by atoms with E-state index >= 15 is 0 Å². The lowest BCUT2D eigenvalue weighted by Gasteiger charge is -2.44. The van der Waals surface area contributed by atoms with Crippen molar-refractivity contribution in [1.29, 1.82) is 0 Å². The Morgan fingerprint density at radius 2 is 1.91 bits per heavy atom. The molecule has 3 fully saturated rings. The van der Waals surface area contributed by atoms with Gasteiger partial charge in [-0.25, -0.2) is 4.79 Å². The van der Waals surface area contributed by atoms with Crippen LogP contribution in [0, 0.1) is 5.92 Å². The van der Waals surface area contributed by atoms with Gasteiger partial charge in [-0.3, -0.25) is 14.5 Å². The molecule has 1 aromatic carbocycles. The maximum atomic E-state index is 12.7. The Bertz CT molecular complexity index is 841. The van der Waals surface area contributed by atoms with Crippen LogP contribution >= 0.6 is 0 Å². The van der Waals surface area contributed by atoms with Crippen molar-refractivity contribution in [2.45, 2.75) is 63.5 Å². The lowest BCUT2D eigenvalue weighted by atomic mass is 9.83. The number of piperidine rings is 2. The summed E-state index contributed by atoms with van der Waals surface area (Å²) in [5, 5.41) is 5.83. The van der Waals surface area contributed by atoms with Crippen molar-refractivity contribution in [1.82, 2.24) is 20.4 Å². The summed E-state index contributed by atoms with van der Waals surface area (Å²) in [7, 11) is 1.61. The third-order valence-electron chi connectivity index (χ3n) is 7.34. The maximum Gasteiger partial charge on any atom is 0.324 e. The van der Waals surface area contributed by atoms with Gasteiger partial charge in [-0.15, -0.1) is 0 Å². The average Bonchev–Trinajstić information content (AvgIpc) is 3.12. The van der Waals surface area contributed by atoms with Gasteiger partial charge in [0.15, 0.2) is 0 Å². The molecule has 0 spiro atoms. The van der Waals surface area contributed by atoms with Gasteiger partial charge in [0.2, 0.25) is 5.91 Å². The lowest BCUT2D eigenvalue weighted by molar-refractivity contribution is -0.127. The van der Waals surface area contributed by atoms with E-state index in [1.165, 1.54) is 50.1 Å². The first-order valence-electron chi connectivity index (χ1n) is 12.3. The molecule has 3 saturated heterocycles. The fraction of sp³-hybridized carbons (Fsp3) is 0.640. The maximum absolute atomic E-state index is 12.7. The van der Waals surface area contributed by atoms with Crippen molar-refractivity contribution < 1.29 is 19.1 Å². The fourth-order valence-electron chi connectivity index (χ4n) is 5.44. The van der Waals surface area contributed by atoms with Gasteiger partial charge in [-0.2, -0.15) is 0 Å². The summed E-state index contributed by atoms with van der Waals surface area (Å²) < 4.78 is 5.15. The van der Waals surface area contributed by atoms with Crippen LogP contribution in [0.1, 0.15) is 50.5 Å². The van der Waals surface area contributed by atoms with Crippen LogP contribution in [0.3, 0.4) is 0 Å². The molecule has 3 aliphatic rings. The first-order chi connectivity index (χ1) is 16.0. The molecule has 4 rings (SSSR count). The summed E-state index contributed by atoms with van der Waals surface area (Å²) in [6.07, 6.45) is 7.32. The molecule has 4 amide bonds.